The molecule has 12 heteroatoms. The number of methoxy groups -OCH3 is 1. The smallest absolute Gasteiger partial charge is 0.429 e. The second kappa shape index (κ2) is 10.8. The number of nitrogens with two attached hydrogens (primary N) is 1. The molecular weight excluding hydrogens is 527 g/mol. The van der Waals surface area contributed by atoms with Crippen molar-refractivity contribution in [3.63, 3.8) is 0 Å². The van der Waals surface area contributed by atoms with E-state index in [1.807, 2.05) is 11.0 Å². The van der Waals surface area contributed by atoms with Gasteiger partial charge in [-0.25, -0.2) is 0 Å². The molecule has 3 aromatic rings. The molecule has 2 aromatic carbocycles. The van der Waals surface area contributed by atoms with Crippen LogP contribution < -0.4 is 25.4 Å². The Morgan fingerprint density at radius 1 is 1.12 bits per heavy atom. The molecule has 4 N–H and O–H groups in total. The Hall–Kier alpha value is -4.06. The second-order valence-electron chi connectivity index (χ2n) is 10.3. The third kappa shape index (κ3) is 5.91. The minimum absolute atomic E-state index is 0.0838. The fourth-order valence-corrected chi connectivity index (χ4v) is 5.43. The van der Waals surface area contributed by atoms with Crippen molar-refractivity contribution < 1.29 is 32.5 Å². The number of carboxylic acids is 1. The number of aromatic nitrogens is 2. The summed E-state index contributed by atoms with van der Waals surface area (Å²) in [6.45, 7) is 1.72. The van der Waals surface area contributed by atoms with E-state index in [1.54, 1.807) is 37.4 Å². The molecule has 2 fully saturated rings. The Morgan fingerprint density at radius 2 is 1.85 bits per heavy atom. The fourth-order valence-electron chi connectivity index (χ4n) is 5.43. The van der Waals surface area contributed by atoms with Gasteiger partial charge in [0.2, 0.25) is 17.9 Å². The van der Waals surface area contributed by atoms with E-state index in [4.69, 9.17) is 15.2 Å². The number of hydrogen-bond donors (Lipinski definition) is 3. The van der Waals surface area contributed by atoms with Crippen molar-refractivity contribution in [3.05, 3.63) is 60.2 Å². The summed E-state index contributed by atoms with van der Waals surface area (Å²) < 4.78 is 53.1. The first-order chi connectivity index (χ1) is 19.0. The number of rotatable bonds is 7. The van der Waals surface area contributed by atoms with Crippen LogP contribution in [0, 0.1) is 5.41 Å². The predicted molar refractivity (Wildman–Crippen MR) is 142 cm³/mol. The maximum atomic E-state index is 14.2. The molecule has 9 nitrogen and oxygen atoms in total. The van der Waals surface area contributed by atoms with Crippen molar-refractivity contribution in [3.8, 4) is 22.8 Å². The lowest BCUT2D eigenvalue weighted by Gasteiger charge is -2.39. The number of hydrogen-bond acceptors (Lipinski definition) is 8. The van der Waals surface area contributed by atoms with Gasteiger partial charge in [-0.15, -0.1) is 0 Å². The highest BCUT2D eigenvalue weighted by atomic mass is 19.4. The first kappa shape index (κ1) is 27.5. The van der Waals surface area contributed by atoms with Gasteiger partial charge in [-0.2, -0.15) is 23.1 Å². The zero-order valence-electron chi connectivity index (χ0n) is 21.8. The van der Waals surface area contributed by atoms with Gasteiger partial charge in [0, 0.05) is 31.3 Å². The Bertz CT molecular complexity index is 1360. The fraction of sp³-hybridized carbons (Fsp3) is 0.393. The number of halogens is 3. The highest BCUT2D eigenvalue weighted by Crippen LogP contribution is 2.41. The monoisotopic (exact) mass is 557 g/mol. The Kier molecular flexibility index (Phi) is 7.45. The number of ether oxygens (including phenoxy) is 2. The summed E-state index contributed by atoms with van der Waals surface area (Å²) in [5, 5.41) is 12.4. The van der Waals surface area contributed by atoms with E-state index in [0.29, 0.717) is 50.5 Å². The molecule has 2 aliphatic rings. The van der Waals surface area contributed by atoms with Gasteiger partial charge in [-0.1, -0.05) is 36.4 Å². The Labute approximate surface area is 229 Å². The topological polar surface area (TPSA) is 123 Å². The largest absolute Gasteiger partial charge is 0.497 e. The summed E-state index contributed by atoms with van der Waals surface area (Å²) in [6, 6.07) is 14.0. The summed E-state index contributed by atoms with van der Waals surface area (Å²) in [4.78, 5) is 21.4. The molecule has 0 radical (unpaired) electrons. The molecule has 1 unspecified atom stereocenters. The van der Waals surface area contributed by atoms with E-state index >= 15 is 0 Å². The number of benzene rings is 2. The van der Waals surface area contributed by atoms with Crippen molar-refractivity contribution in [1.29, 1.82) is 0 Å². The maximum Gasteiger partial charge on any atom is 0.429 e. The van der Waals surface area contributed by atoms with Crippen LogP contribution in [0.15, 0.2) is 54.6 Å². The van der Waals surface area contributed by atoms with Crippen molar-refractivity contribution in [2.24, 2.45) is 5.41 Å². The molecule has 1 aromatic heterocycles. The van der Waals surface area contributed by atoms with Crippen LogP contribution in [0.4, 0.5) is 24.9 Å². The Balaban J connectivity index is 1.32. The number of nitrogens with zero attached hydrogens (tertiary/aromatic N) is 3. The van der Waals surface area contributed by atoms with Gasteiger partial charge in [0.05, 0.1) is 7.11 Å². The summed E-state index contributed by atoms with van der Waals surface area (Å²) in [5.41, 5.74) is 7.19. The first-order valence-corrected chi connectivity index (χ1v) is 12.9. The number of alkyl halides is 3. The molecule has 2 aliphatic heterocycles. The molecule has 0 saturated carbocycles. The number of carboxylic acid groups (broad SMARTS) is 1. The molecule has 0 aliphatic carbocycles. The lowest BCUT2D eigenvalue weighted by Crippen LogP contribution is -2.41. The zero-order chi connectivity index (χ0) is 28.5. The summed E-state index contributed by atoms with van der Waals surface area (Å²) >= 11 is 0. The molecule has 2 saturated heterocycles. The van der Waals surface area contributed by atoms with Crippen LogP contribution >= 0.6 is 0 Å². The molecule has 2 atom stereocenters. The van der Waals surface area contributed by atoms with E-state index in [9.17, 15) is 23.1 Å². The SMILES string of the molecule is COc1cccc(-c2ccc(C(Oc3cc(N4CCC5(CC4)CN[C@H](C(=O)O)C5)nc(N)n3)C(F)(F)F)cc2)c1. The van der Waals surface area contributed by atoms with Crippen LogP contribution in [-0.4, -0.2) is 60.0 Å². The van der Waals surface area contributed by atoms with Gasteiger partial charge in [0.25, 0.3) is 0 Å². The van der Waals surface area contributed by atoms with Gasteiger partial charge in [0.15, 0.2) is 0 Å². The van der Waals surface area contributed by atoms with Gasteiger partial charge in [0.1, 0.15) is 17.6 Å². The molecular formula is C28H30F3N5O4. The summed E-state index contributed by atoms with van der Waals surface area (Å²) in [6.07, 6.45) is -5.01. The molecule has 212 valence electrons. The van der Waals surface area contributed by atoms with Crippen LogP contribution in [-0.2, 0) is 4.79 Å². The normalized spacial score (nSPS) is 19.4. The number of nitrogen functional groups attached to an aromatic ring is 1. The molecule has 5 rings (SSSR count). The Morgan fingerprint density at radius 3 is 2.48 bits per heavy atom. The molecule has 1 spiro atoms. The minimum atomic E-state index is -4.72. The lowest BCUT2D eigenvalue weighted by atomic mass is 9.76. The van der Waals surface area contributed by atoms with Crippen molar-refractivity contribution >= 4 is 17.7 Å². The second-order valence-corrected chi connectivity index (χ2v) is 10.3. The predicted octanol–water partition coefficient (Wildman–Crippen LogP) is 4.45. The number of anilines is 2. The third-order valence-corrected chi connectivity index (χ3v) is 7.67. The van der Waals surface area contributed by atoms with Crippen molar-refractivity contribution in [2.75, 3.05) is 37.4 Å². The van der Waals surface area contributed by atoms with E-state index in [-0.39, 0.29) is 22.8 Å². The van der Waals surface area contributed by atoms with Crippen LogP contribution in [0.3, 0.4) is 0 Å². The third-order valence-electron chi connectivity index (χ3n) is 7.67. The number of aliphatic carboxylic acids is 1. The molecule has 3 heterocycles. The number of nitrogens with one attached hydrogen (secondary N) is 1. The number of piperidine rings is 1. The quantitative estimate of drug-likeness (QED) is 0.387. The van der Waals surface area contributed by atoms with Crippen LogP contribution in [0.5, 0.6) is 11.6 Å². The molecule has 40 heavy (non-hydrogen) atoms. The van der Waals surface area contributed by atoms with Crippen LogP contribution in [0.25, 0.3) is 11.1 Å². The highest BCUT2D eigenvalue weighted by molar-refractivity contribution is 5.74. The summed E-state index contributed by atoms with van der Waals surface area (Å²) in [7, 11) is 1.55. The van der Waals surface area contributed by atoms with Gasteiger partial charge in [-0.3, -0.25) is 4.79 Å². The average Bonchev–Trinajstić information content (AvgIpc) is 3.35. The van der Waals surface area contributed by atoms with E-state index in [1.165, 1.54) is 18.2 Å². The summed E-state index contributed by atoms with van der Waals surface area (Å²) in [5.74, 6) is -0.333. The average molecular weight is 558 g/mol. The van der Waals surface area contributed by atoms with Crippen molar-refractivity contribution in [1.82, 2.24) is 15.3 Å². The van der Waals surface area contributed by atoms with E-state index in [2.05, 4.69) is 15.3 Å². The lowest BCUT2D eigenvalue weighted by molar-refractivity contribution is -0.198. The van der Waals surface area contributed by atoms with Crippen LogP contribution in [0.2, 0.25) is 0 Å². The zero-order valence-corrected chi connectivity index (χ0v) is 21.8. The van der Waals surface area contributed by atoms with Gasteiger partial charge < -0.3 is 30.5 Å². The highest BCUT2D eigenvalue weighted by Gasteiger charge is 2.45. The van der Waals surface area contributed by atoms with Gasteiger partial charge >= 0.3 is 12.1 Å². The standard InChI is InChI=1S/C28H30F3N5O4/c1-39-20-4-2-3-19(13-20)17-5-7-18(8-6-17)24(28(29,30)31)40-23-14-22(34-26(32)35-23)36-11-9-27(10-12-36)15-21(25(37)38)33-16-27/h2-8,13-14,21,24,33H,9-12,15-16H2,1H3,(H,37,38)(H2,32,34,35)/t21-,24?/m0/s1. The van der Waals surface area contributed by atoms with E-state index in [0.717, 1.165) is 11.1 Å². The molecule has 0 amide bonds. The van der Waals surface area contributed by atoms with Crippen molar-refractivity contribution in [2.45, 2.75) is 37.6 Å². The maximum absolute atomic E-state index is 14.2. The van der Waals surface area contributed by atoms with E-state index < -0.39 is 24.3 Å². The van der Waals surface area contributed by atoms with Gasteiger partial charge in [-0.05, 0) is 47.9 Å². The number of carbonyl (C=O) groups is 1. The minimum Gasteiger partial charge on any atom is -0.497 e. The molecule has 0 bridgehead atoms. The first-order valence-electron chi connectivity index (χ1n) is 12.9. The van der Waals surface area contributed by atoms with Crippen LogP contribution in [0.1, 0.15) is 30.9 Å².